The number of aryl methyl sites for hydroxylation is 1. The van der Waals surface area contributed by atoms with Crippen LogP contribution in [0.1, 0.15) is 5.69 Å². The summed E-state index contributed by atoms with van der Waals surface area (Å²) in [5.41, 5.74) is 3.50. The number of hydrogen-bond acceptors (Lipinski definition) is 4. The zero-order chi connectivity index (χ0) is 13.9. The Bertz CT molecular complexity index is 756. The standard InChI is InChI=1S/C16H15N3O/c1-11-16(18-13-8-4-3-7-12(13)17-11)19-14-9-5-6-10-15(14)20-2/h3-10H,1-2H3,(H,18,19). The van der Waals surface area contributed by atoms with Crippen LogP contribution >= 0.6 is 0 Å². The Labute approximate surface area is 117 Å². The van der Waals surface area contributed by atoms with Crippen molar-refractivity contribution in [3.63, 3.8) is 0 Å². The lowest BCUT2D eigenvalue weighted by molar-refractivity contribution is 0.417. The van der Waals surface area contributed by atoms with Gasteiger partial charge in [-0.2, -0.15) is 0 Å². The molecule has 20 heavy (non-hydrogen) atoms. The number of fused-ring (bicyclic) bond motifs is 1. The van der Waals surface area contributed by atoms with E-state index in [1.165, 1.54) is 0 Å². The lowest BCUT2D eigenvalue weighted by Crippen LogP contribution is -2.01. The SMILES string of the molecule is COc1ccccc1Nc1nc2ccccc2nc1C. The highest BCUT2D eigenvalue weighted by molar-refractivity contribution is 5.77. The molecule has 0 aliphatic carbocycles. The molecule has 0 amide bonds. The first-order valence-electron chi connectivity index (χ1n) is 6.41. The highest BCUT2D eigenvalue weighted by Gasteiger charge is 2.07. The molecule has 4 nitrogen and oxygen atoms in total. The van der Waals surface area contributed by atoms with Gasteiger partial charge in [-0.25, -0.2) is 9.97 Å². The van der Waals surface area contributed by atoms with E-state index in [9.17, 15) is 0 Å². The minimum Gasteiger partial charge on any atom is -0.495 e. The summed E-state index contributed by atoms with van der Waals surface area (Å²) in [5, 5.41) is 3.29. The van der Waals surface area contributed by atoms with Crippen LogP contribution in [-0.4, -0.2) is 17.1 Å². The zero-order valence-electron chi connectivity index (χ0n) is 11.4. The van der Waals surface area contributed by atoms with Gasteiger partial charge < -0.3 is 10.1 Å². The van der Waals surface area contributed by atoms with E-state index < -0.39 is 0 Å². The molecule has 0 radical (unpaired) electrons. The molecule has 2 aromatic carbocycles. The molecule has 0 aliphatic heterocycles. The van der Waals surface area contributed by atoms with Crippen molar-refractivity contribution in [1.82, 2.24) is 9.97 Å². The Kier molecular flexibility index (Phi) is 3.21. The van der Waals surface area contributed by atoms with Crippen molar-refractivity contribution in [2.45, 2.75) is 6.92 Å². The van der Waals surface area contributed by atoms with Crippen molar-refractivity contribution < 1.29 is 4.74 Å². The molecule has 0 spiro atoms. The van der Waals surface area contributed by atoms with Gasteiger partial charge in [0.25, 0.3) is 0 Å². The smallest absolute Gasteiger partial charge is 0.152 e. The summed E-state index contributed by atoms with van der Waals surface area (Å²) in [4.78, 5) is 9.18. The second kappa shape index (κ2) is 5.17. The van der Waals surface area contributed by atoms with Gasteiger partial charge in [0, 0.05) is 0 Å². The van der Waals surface area contributed by atoms with Gasteiger partial charge in [-0.1, -0.05) is 24.3 Å². The fourth-order valence-electron chi connectivity index (χ4n) is 2.08. The van der Waals surface area contributed by atoms with Crippen LogP contribution in [0.3, 0.4) is 0 Å². The van der Waals surface area contributed by atoms with Crippen LogP contribution in [0.2, 0.25) is 0 Å². The summed E-state index contributed by atoms with van der Waals surface area (Å²) >= 11 is 0. The Morgan fingerprint density at radius 1 is 0.900 bits per heavy atom. The first-order chi connectivity index (χ1) is 9.78. The maximum Gasteiger partial charge on any atom is 0.152 e. The summed E-state index contributed by atoms with van der Waals surface area (Å²) in [7, 11) is 1.65. The largest absolute Gasteiger partial charge is 0.495 e. The normalized spacial score (nSPS) is 10.5. The molecule has 3 aromatic rings. The maximum atomic E-state index is 5.33. The predicted octanol–water partition coefficient (Wildman–Crippen LogP) is 3.69. The van der Waals surface area contributed by atoms with Crippen molar-refractivity contribution in [2.24, 2.45) is 0 Å². The summed E-state index contributed by atoms with van der Waals surface area (Å²) in [6.45, 7) is 1.94. The third-order valence-corrected chi connectivity index (χ3v) is 3.10. The third kappa shape index (κ3) is 2.28. The number of nitrogens with zero attached hydrogens (tertiary/aromatic N) is 2. The van der Waals surface area contributed by atoms with Gasteiger partial charge in [0.15, 0.2) is 5.82 Å². The summed E-state index contributed by atoms with van der Waals surface area (Å²) in [6.07, 6.45) is 0. The lowest BCUT2D eigenvalue weighted by atomic mass is 10.2. The second-order valence-corrected chi connectivity index (χ2v) is 4.47. The number of methoxy groups -OCH3 is 1. The molecule has 0 bridgehead atoms. The van der Waals surface area contributed by atoms with Gasteiger partial charge in [0.2, 0.25) is 0 Å². The number of anilines is 2. The van der Waals surface area contributed by atoms with Crippen molar-refractivity contribution in [1.29, 1.82) is 0 Å². The highest BCUT2D eigenvalue weighted by Crippen LogP contribution is 2.27. The van der Waals surface area contributed by atoms with E-state index in [4.69, 9.17) is 4.74 Å². The van der Waals surface area contributed by atoms with Gasteiger partial charge in [-0.05, 0) is 31.2 Å². The molecule has 0 unspecified atom stereocenters. The van der Waals surface area contributed by atoms with E-state index in [1.54, 1.807) is 7.11 Å². The number of ether oxygens (including phenoxy) is 1. The van der Waals surface area contributed by atoms with Crippen molar-refractivity contribution in [2.75, 3.05) is 12.4 Å². The molecule has 0 atom stereocenters. The number of para-hydroxylation sites is 4. The molecule has 0 saturated heterocycles. The van der Waals surface area contributed by atoms with Gasteiger partial charge >= 0.3 is 0 Å². The van der Waals surface area contributed by atoms with Crippen LogP contribution < -0.4 is 10.1 Å². The number of hydrogen-bond donors (Lipinski definition) is 1. The lowest BCUT2D eigenvalue weighted by Gasteiger charge is -2.12. The Morgan fingerprint density at radius 3 is 2.30 bits per heavy atom. The third-order valence-electron chi connectivity index (χ3n) is 3.10. The van der Waals surface area contributed by atoms with E-state index in [-0.39, 0.29) is 0 Å². The van der Waals surface area contributed by atoms with E-state index in [2.05, 4.69) is 15.3 Å². The summed E-state index contributed by atoms with van der Waals surface area (Å²) < 4.78 is 5.33. The molecule has 1 heterocycles. The second-order valence-electron chi connectivity index (χ2n) is 4.47. The molecule has 100 valence electrons. The predicted molar refractivity (Wildman–Crippen MR) is 80.6 cm³/mol. The van der Waals surface area contributed by atoms with Crippen LogP contribution in [0.4, 0.5) is 11.5 Å². The fourth-order valence-corrected chi connectivity index (χ4v) is 2.08. The molecule has 1 N–H and O–H groups in total. The molecule has 0 aliphatic rings. The van der Waals surface area contributed by atoms with Gasteiger partial charge in [0.1, 0.15) is 5.75 Å². The first-order valence-corrected chi connectivity index (χ1v) is 6.41. The van der Waals surface area contributed by atoms with E-state index in [1.807, 2.05) is 55.5 Å². The van der Waals surface area contributed by atoms with Gasteiger partial charge in [-0.15, -0.1) is 0 Å². The quantitative estimate of drug-likeness (QED) is 0.784. The molecule has 0 fully saturated rings. The Balaban J connectivity index is 2.04. The van der Waals surface area contributed by atoms with E-state index in [0.29, 0.717) is 0 Å². The number of nitrogens with one attached hydrogen (secondary N) is 1. The van der Waals surface area contributed by atoms with Crippen molar-refractivity contribution in [3.8, 4) is 5.75 Å². The Morgan fingerprint density at radius 2 is 1.55 bits per heavy atom. The minimum atomic E-state index is 0.744. The molecular weight excluding hydrogens is 250 g/mol. The van der Waals surface area contributed by atoms with E-state index in [0.717, 1.165) is 34.0 Å². The Hall–Kier alpha value is -2.62. The summed E-state index contributed by atoms with van der Waals surface area (Å²) in [5.74, 6) is 1.52. The van der Waals surface area contributed by atoms with Crippen LogP contribution in [0.15, 0.2) is 48.5 Å². The minimum absolute atomic E-state index is 0.744. The molecule has 4 heteroatoms. The van der Waals surface area contributed by atoms with Gasteiger partial charge in [-0.3, -0.25) is 0 Å². The molecule has 3 rings (SSSR count). The van der Waals surface area contributed by atoms with Crippen LogP contribution in [0.5, 0.6) is 5.75 Å². The molecule has 1 aromatic heterocycles. The van der Waals surface area contributed by atoms with Crippen molar-refractivity contribution in [3.05, 3.63) is 54.2 Å². The number of rotatable bonds is 3. The van der Waals surface area contributed by atoms with E-state index >= 15 is 0 Å². The average molecular weight is 265 g/mol. The topological polar surface area (TPSA) is 47.0 Å². The molecule has 0 saturated carbocycles. The monoisotopic (exact) mass is 265 g/mol. The van der Waals surface area contributed by atoms with Crippen LogP contribution in [0.25, 0.3) is 11.0 Å². The van der Waals surface area contributed by atoms with Crippen molar-refractivity contribution >= 4 is 22.5 Å². The average Bonchev–Trinajstić information content (AvgIpc) is 2.48. The zero-order valence-corrected chi connectivity index (χ0v) is 11.4. The van der Waals surface area contributed by atoms with Crippen LogP contribution in [-0.2, 0) is 0 Å². The first kappa shape index (κ1) is 12.4. The number of benzene rings is 2. The fraction of sp³-hybridized carbons (Fsp3) is 0.125. The maximum absolute atomic E-state index is 5.33. The van der Waals surface area contributed by atoms with Crippen LogP contribution in [0, 0.1) is 6.92 Å². The summed E-state index contributed by atoms with van der Waals surface area (Å²) in [6, 6.07) is 15.6. The highest BCUT2D eigenvalue weighted by atomic mass is 16.5. The molecular formula is C16H15N3O. The van der Waals surface area contributed by atoms with Gasteiger partial charge in [0.05, 0.1) is 29.5 Å². The number of aromatic nitrogens is 2.